The van der Waals surface area contributed by atoms with E-state index in [2.05, 4.69) is 29.2 Å². The highest BCUT2D eigenvalue weighted by atomic mass is 16.5. The molecule has 1 heterocycles. The summed E-state index contributed by atoms with van der Waals surface area (Å²) in [6.45, 7) is 4.17. The lowest BCUT2D eigenvalue weighted by Gasteiger charge is -2.21. The largest absolute Gasteiger partial charge is 0.384 e. The molecule has 1 aliphatic rings. The van der Waals surface area contributed by atoms with Crippen LogP contribution in [0.4, 0.5) is 0 Å². The molecule has 2 atom stereocenters. The van der Waals surface area contributed by atoms with Crippen molar-refractivity contribution in [3.05, 3.63) is 35.9 Å². The molecule has 3 heteroatoms. The minimum Gasteiger partial charge on any atom is -0.384 e. The number of hydrogen-bond acceptors (Lipinski definition) is 3. The summed E-state index contributed by atoms with van der Waals surface area (Å²) in [4.78, 5) is 2.47. The fraction of sp³-hybridized carbons (Fsp3) is 0.600. The Morgan fingerprint density at radius 1 is 1.39 bits per heavy atom. The van der Waals surface area contributed by atoms with Gasteiger partial charge in [0.2, 0.25) is 0 Å². The number of likely N-dealkylation sites (tertiary alicyclic amines) is 1. The molecular formula is C15H24N2O. The lowest BCUT2D eigenvalue weighted by Crippen LogP contribution is -2.38. The molecule has 1 aromatic carbocycles. The maximum absolute atomic E-state index is 6.23. The molecule has 1 saturated heterocycles. The zero-order chi connectivity index (χ0) is 12.8. The number of benzene rings is 1. The zero-order valence-electron chi connectivity index (χ0n) is 11.2. The van der Waals surface area contributed by atoms with E-state index in [9.17, 15) is 0 Å². The van der Waals surface area contributed by atoms with Gasteiger partial charge in [-0.15, -0.1) is 0 Å². The molecule has 0 saturated carbocycles. The van der Waals surface area contributed by atoms with E-state index in [4.69, 9.17) is 10.5 Å². The molecule has 1 aliphatic heterocycles. The number of nitrogens with two attached hydrogens (primary N) is 1. The molecule has 2 N–H and O–H groups in total. The van der Waals surface area contributed by atoms with Gasteiger partial charge in [0.25, 0.3) is 0 Å². The summed E-state index contributed by atoms with van der Waals surface area (Å²) in [5.74, 6) is 0.693. The molecule has 0 amide bonds. The van der Waals surface area contributed by atoms with Gasteiger partial charge in [-0.05, 0) is 30.9 Å². The third-order valence-corrected chi connectivity index (χ3v) is 3.61. The summed E-state index contributed by atoms with van der Waals surface area (Å²) < 4.78 is 5.22. The van der Waals surface area contributed by atoms with Crippen molar-refractivity contribution in [1.82, 2.24) is 4.90 Å². The van der Waals surface area contributed by atoms with Crippen molar-refractivity contribution in [1.29, 1.82) is 0 Å². The van der Waals surface area contributed by atoms with Gasteiger partial charge in [0.15, 0.2) is 0 Å². The van der Waals surface area contributed by atoms with Gasteiger partial charge in [-0.25, -0.2) is 0 Å². The summed E-state index contributed by atoms with van der Waals surface area (Å²) in [7, 11) is 1.78. The number of hydrogen-bond donors (Lipinski definition) is 1. The fourth-order valence-corrected chi connectivity index (χ4v) is 2.76. The molecule has 18 heavy (non-hydrogen) atoms. The van der Waals surface area contributed by atoms with Crippen LogP contribution in [0.25, 0.3) is 0 Å². The minimum absolute atomic E-state index is 0.230. The van der Waals surface area contributed by atoms with Crippen LogP contribution in [0.15, 0.2) is 30.3 Å². The second kappa shape index (κ2) is 6.88. The maximum Gasteiger partial charge on any atom is 0.0503 e. The first-order chi connectivity index (χ1) is 8.78. The number of methoxy groups -OCH3 is 1. The topological polar surface area (TPSA) is 38.5 Å². The van der Waals surface area contributed by atoms with Crippen molar-refractivity contribution in [2.24, 2.45) is 11.7 Å². The van der Waals surface area contributed by atoms with E-state index in [1.165, 1.54) is 12.0 Å². The van der Waals surface area contributed by atoms with Crippen molar-refractivity contribution in [3.8, 4) is 0 Å². The van der Waals surface area contributed by atoms with Gasteiger partial charge in [-0.1, -0.05) is 30.3 Å². The van der Waals surface area contributed by atoms with Crippen molar-refractivity contribution < 1.29 is 4.74 Å². The lowest BCUT2D eigenvalue weighted by molar-refractivity contribution is 0.152. The van der Waals surface area contributed by atoms with Gasteiger partial charge < -0.3 is 15.4 Å². The first-order valence-electron chi connectivity index (χ1n) is 6.78. The highest BCUT2D eigenvalue weighted by Gasteiger charge is 2.23. The maximum atomic E-state index is 6.23. The Morgan fingerprint density at radius 3 is 2.89 bits per heavy atom. The highest BCUT2D eigenvalue weighted by Crippen LogP contribution is 2.16. The average molecular weight is 248 g/mol. The molecule has 0 aliphatic carbocycles. The normalized spacial score (nSPS) is 22.2. The molecule has 0 radical (unpaired) electrons. The zero-order valence-corrected chi connectivity index (χ0v) is 11.2. The smallest absolute Gasteiger partial charge is 0.0503 e. The van der Waals surface area contributed by atoms with E-state index in [1.54, 1.807) is 7.11 Å². The number of rotatable bonds is 6. The SMILES string of the molecule is COCC1CCN(CC(N)Cc2ccccc2)C1. The van der Waals surface area contributed by atoms with E-state index in [-0.39, 0.29) is 6.04 Å². The summed E-state index contributed by atoms with van der Waals surface area (Å²) in [5, 5.41) is 0. The van der Waals surface area contributed by atoms with Crippen LogP contribution in [-0.2, 0) is 11.2 Å². The Morgan fingerprint density at radius 2 is 2.17 bits per heavy atom. The van der Waals surface area contributed by atoms with Crippen LogP contribution in [0.5, 0.6) is 0 Å². The monoisotopic (exact) mass is 248 g/mol. The van der Waals surface area contributed by atoms with Gasteiger partial charge in [-0.3, -0.25) is 0 Å². The standard InChI is InChI=1S/C15H24N2O/c1-18-12-14-7-8-17(10-14)11-15(16)9-13-5-3-2-4-6-13/h2-6,14-15H,7-12,16H2,1H3. The number of nitrogens with zero attached hydrogens (tertiary/aromatic N) is 1. The van der Waals surface area contributed by atoms with Crippen molar-refractivity contribution >= 4 is 0 Å². The Hall–Kier alpha value is -0.900. The van der Waals surface area contributed by atoms with Crippen molar-refractivity contribution in [2.45, 2.75) is 18.9 Å². The lowest BCUT2D eigenvalue weighted by atomic mass is 10.1. The minimum atomic E-state index is 0.230. The first kappa shape index (κ1) is 13.5. The first-order valence-corrected chi connectivity index (χ1v) is 6.78. The van der Waals surface area contributed by atoms with Crippen molar-refractivity contribution in [2.75, 3.05) is 33.4 Å². The van der Waals surface area contributed by atoms with E-state index in [0.717, 1.165) is 32.7 Å². The van der Waals surface area contributed by atoms with Crippen LogP contribution in [0, 0.1) is 5.92 Å². The fourth-order valence-electron chi connectivity index (χ4n) is 2.76. The molecule has 3 nitrogen and oxygen atoms in total. The summed E-state index contributed by atoms with van der Waals surface area (Å²) in [6, 6.07) is 10.7. The van der Waals surface area contributed by atoms with Crippen LogP contribution in [0.1, 0.15) is 12.0 Å². The van der Waals surface area contributed by atoms with Crippen LogP contribution < -0.4 is 5.73 Å². The molecule has 1 aromatic rings. The molecule has 1 fully saturated rings. The van der Waals surface area contributed by atoms with Crippen molar-refractivity contribution in [3.63, 3.8) is 0 Å². The van der Waals surface area contributed by atoms with Gasteiger partial charge in [0, 0.05) is 26.2 Å². The molecule has 0 bridgehead atoms. The second-order valence-electron chi connectivity index (χ2n) is 5.32. The Balaban J connectivity index is 1.73. The summed E-state index contributed by atoms with van der Waals surface area (Å²) in [5.41, 5.74) is 7.56. The number of ether oxygens (including phenoxy) is 1. The average Bonchev–Trinajstić information content (AvgIpc) is 2.78. The Labute approximate surface area is 110 Å². The van der Waals surface area contributed by atoms with Crippen LogP contribution in [0.2, 0.25) is 0 Å². The predicted molar refractivity (Wildman–Crippen MR) is 74.5 cm³/mol. The van der Waals surface area contributed by atoms with Gasteiger partial charge in [0.05, 0.1) is 6.61 Å². The van der Waals surface area contributed by atoms with Crippen LogP contribution in [0.3, 0.4) is 0 Å². The molecular weight excluding hydrogens is 224 g/mol. The van der Waals surface area contributed by atoms with E-state index in [0.29, 0.717) is 5.92 Å². The Kier molecular flexibility index (Phi) is 5.17. The molecule has 2 unspecified atom stereocenters. The summed E-state index contributed by atoms with van der Waals surface area (Å²) in [6.07, 6.45) is 2.21. The van der Waals surface area contributed by atoms with E-state index in [1.807, 2.05) is 6.07 Å². The van der Waals surface area contributed by atoms with E-state index >= 15 is 0 Å². The quantitative estimate of drug-likeness (QED) is 0.829. The third kappa shape index (κ3) is 4.09. The molecule has 0 aromatic heterocycles. The van der Waals surface area contributed by atoms with Gasteiger partial charge in [0.1, 0.15) is 0 Å². The van der Waals surface area contributed by atoms with Crippen LogP contribution >= 0.6 is 0 Å². The second-order valence-corrected chi connectivity index (χ2v) is 5.32. The predicted octanol–water partition coefficient (Wildman–Crippen LogP) is 1.52. The third-order valence-electron chi connectivity index (χ3n) is 3.61. The molecule has 0 spiro atoms. The molecule has 100 valence electrons. The molecule has 2 rings (SSSR count). The van der Waals surface area contributed by atoms with Crippen LogP contribution in [-0.4, -0.2) is 44.3 Å². The van der Waals surface area contributed by atoms with Gasteiger partial charge in [-0.2, -0.15) is 0 Å². The van der Waals surface area contributed by atoms with E-state index < -0.39 is 0 Å². The van der Waals surface area contributed by atoms with Gasteiger partial charge >= 0.3 is 0 Å². The highest BCUT2D eigenvalue weighted by molar-refractivity contribution is 5.15. The Bertz CT molecular complexity index is 342. The summed E-state index contributed by atoms with van der Waals surface area (Å²) >= 11 is 0.